The molecule has 3 N–H and O–H groups in total. The Morgan fingerprint density at radius 3 is 2.79 bits per heavy atom. The first kappa shape index (κ1) is 20.4. The molecule has 1 fully saturated rings. The number of aliphatic hydroxyl groups excluding tert-OH is 1. The van der Waals surface area contributed by atoms with Crippen molar-refractivity contribution >= 4 is 21.7 Å². The minimum absolute atomic E-state index is 0.317. The number of hydrogen-bond acceptors (Lipinski definition) is 5. The van der Waals surface area contributed by atoms with Crippen molar-refractivity contribution in [1.82, 2.24) is 9.62 Å². The molecule has 3 aliphatic rings. The number of rotatable bonds is 4. The van der Waals surface area contributed by atoms with Gasteiger partial charge >= 0.3 is 6.03 Å². The average Bonchev–Trinajstić information content (AvgIpc) is 3.34. The molecule has 0 radical (unpaired) electrons. The van der Waals surface area contributed by atoms with E-state index in [1.165, 1.54) is 0 Å². The standard InChI is InChI=1S/C21H29N3O4S/c1-21(9-4-11-24(21)2)10-12-29(27,28)23-20(26)22-19-15-6-3-5-14(15)13-17-16(19)7-8-18(17)25/h10,12-13,18,25H,3-9,11H2,1-2H3,(H2,22,23,26)/b12-10+. The molecule has 1 saturated heterocycles. The molecular weight excluding hydrogens is 390 g/mol. The molecule has 0 spiro atoms. The number of urea groups is 1. The quantitative estimate of drug-likeness (QED) is 0.697. The molecule has 0 saturated carbocycles. The third-order valence-corrected chi connectivity index (χ3v) is 7.66. The predicted molar refractivity (Wildman–Crippen MR) is 112 cm³/mol. The van der Waals surface area contributed by atoms with E-state index in [-0.39, 0.29) is 5.54 Å². The topological polar surface area (TPSA) is 98.7 Å². The Hall–Kier alpha value is -1.90. The SMILES string of the molecule is CN1CCCC1(C)/C=C/S(=O)(=O)NC(=O)Nc1c2c(cc3c1CCC3O)CCC2. The number of anilines is 1. The Balaban J connectivity index is 1.51. The van der Waals surface area contributed by atoms with E-state index in [1.807, 2.05) is 14.0 Å². The summed E-state index contributed by atoms with van der Waals surface area (Å²) in [7, 11) is -1.94. The number of fused-ring (bicyclic) bond motifs is 2. The van der Waals surface area contributed by atoms with E-state index >= 15 is 0 Å². The van der Waals surface area contributed by atoms with Gasteiger partial charge in [0.25, 0.3) is 10.0 Å². The van der Waals surface area contributed by atoms with Crippen LogP contribution in [-0.2, 0) is 29.3 Å². The molecular formula is C21H29N3O4S. The van der Waals surface area contributed by atoms with Crippen LogP contribution in [-0.4, -0.2) is 43.6 Å². The van der Waals surface area contributed by atoms with E-state index < -0.39 is 22.2 Å². The average molecular weight is 420 g/mol. The molecule has 1 aromatic rings. The Kier molecular flexibility index (Phi) is 5.21. The second kappa shape index (κ2) is 7.41. The maximum absolute atomic E-state index is 12.5. The van der Waals surface area contributed by atoms with Gasteiger partial charge in [-0.25, -0.2) is 17.9 Å². The first-order valence-corrected chi connectivity index (χ1v) is 11.8. The zero-order valence-corrected chi connectivity index (χ0v) is 17.8. The van der Waals surface area contributed by atoms with Crippen molar-refractivity contribution < 1.29 is 18.3 Å². The zero-order chi connectivity index (χ0) is 20.8. The highest BCUT2D eigenvalue weighted by Gasteiger charge is 2.32. The van der Waals surface area contributed by atoms with Crippen molar-refractivity contribution in [1.29, 1.82) is 0 Å². The van der Waals surface area contributed by atoms with Crippen LogP contribution < -0.4 is 10.0 Å². The van der Waals surface area contributed by atoms with Crippen LogP contribution in [0.2, 0.25) is 0 Å². The molecule has 158 valence electrons. The number of aliphatic hydroxyl groups is 1. The summed E-state index contributed by atoms with van der Waals surface area (Å²) in [5.41, 5.74) is 4.37. The largest absolute Gasteiger partial charge is 0.388 e. The predicted octanol–water partition coefficient (Wildman–Crippen LogP) is 2.60. The molecule has 2 unspecified atom stereocenters. The normalized spacial score (nSPS) is 26.7. The number of likely N-dealkylation sites (tertiary alicyclic amines) is 1. The number of hydrogen-bond donors (Lipinski definition) is 3. The third-order valence-electron chi connectivity index (χ3n) is 6.70. The molecule has 7 nitrogen and oxygen atoms in total. The van der Waals surface area contributed by atoms with Gasteiger partial charge in [-0.15, -0.1) is 0 Å². The van der Waals surface area contributed by atoms with Crippen LogP contribution in [0.5, 0.6) is 0 Å². The van der Waals surface area contributed by atoms with Gasteiger partial charge < -0.3 is 10.4 Å². The lowest BCUT2D eigenvalue weighted by molar-refractivity contribution is 0.180. The van der Waals surface area contributed by atoms with E-state index in [0.29, 0.717) is 18.5 Å². The molecule has 2 aliphatic carbocycles. The fourth-order valence-corrected chi connectivity index (χ4v) is 5.69. The van der Waals surface area contributed by atoms with Crippen molar-refractivity contribution in [3.63, 3.8) is 0 Å². The van der Waals surface area contributed by atoms with Crippen molar-refractivity contribution in [3.05, 3.63) is 39.8 Å². The highest BCUT2D eigenvalue weighted by atomic mass is 32.2. The Labute approximate surface area is 172 Å². The van der Waals surface area contributed by atoms with Crippen LogP contribution in [0.15, 0.2) is 17.6 Å². The minimum Gasteiger partial charge on any atom is -0.388 e. The van der Waals surface area contributed by atoms with E-state index in [9.17, 15) is 18.3 Å². The molecule has 29 heavy (non-hydrogen) atoms. The summed E-state index contributed by atoms with van der Waals surface area (Å²) in [5, 5.41) is 14.1. The highest BCUT2D eigenvalue weighted by molar-refractivity contribution is 7.92. The molecule has 0 aromatic heterocycles. The first-order valence-electron chi connectivity index (χ1n) is 10.3. The van der Waals surface area contributed by atoms with Crippen molar-refractivity contribution in [3.8, 4) is 0 Å². The Morgan fingerprint density at radius 2 is 2.07 bits per heavy atom. The Morgan fingerprint density at radius 1 is 1.28 bits per heavy atom. The van der Waals surface area contributed by atoms with Crippen molar-refractivity contribution in [2.75, 3.05) is 18.9 Å². The van der Waals surface area contributed by atoms with Crippen LogP contribution in [0.3, 0.4) is 0 Å². The fraction of sp³-hybridized carbons (Fsp3) is 0.571. The molecule has 0 bridgehead atoms. The zero-order valence-electron chi connectivity index (χ0n) is 17.0. The maximum Gasteiger partial charge on any atom is 0.333 e. The monoisotopic (exact) mass is 419 g/mol. The van der Waals surface area contributed by atoms with Gasteiger partial charge in [0.05, 0.1) is 6.10 Å². The van der Waals surface area contributed by atoms with Gasteiger partial charge in [-0.05, 0) is 87.7 Å². The molecule has 8 heteroatoms. The number of benzene rings is 1. The van der Waals surface area contributed by atoms with Gasteiger partial charge in [-0.2, -0.15) is 0 Å². The molecule has 4 rings (SSSR count). The minimum atomic E-state index is -3.91. The number of carbonyl (C=O) groups is 1. The maximum atomic E-state index is 12.5. The van der Waals surface area contributed by atoms with Gasteiger partial charge in [-0.1, -0.05) is 12.1 Å². The first-order chi connectivity index (χ1) is 13.7. The summed E-state index contributed by atoms with van der Waals surface area (Å²) in [6, 6.07) is 1.29. The number of amides is 2. The van der Waals surface area contributed by atoms with Gasteiger partial charge in [0.15, 0.2) is 0 Å². The summed E-state index contributed by atoms with van der Waals surface area (Å²) in [5.74, 6) is 0. The van der Waals surface area contributed by atoms with Crippen molar-refractivity contribution in [2.24, 2.45) is 0 Å². The van der Waals surface area contributed by atoms with E-state index in [0.717, 1.165) is 66.3 Å². The summed E-state index contributed by atoms with van der Waals surface area (Å²) < 4.78 is 27.0. The lowest BCUT2D eigenvalue weighted by atomic mass is 9.98. The van der Waals surface area contributed by atoms with Crippen LogP contribution in [0.1, 0.15) is 61.0 Å². The summed E-state index contributed by atoms with van der Waals surface area (Å²) in [6.07, 6.45) is 7.10. The number of sulfonamides is 1. The second-order valence-corrected chi connectivity index (χ2v) is 10.2. The smallest absolute Gasteiger partial charge is 0.333 e. The molecule has 1 aliphatic heterocycles. The van der Waals surface area contributed by atoms with Gasteiger partial charge in [-0.3, -0.25) is 4.90 Å². The van der Waals surface area contributed by atoms with Gasteiger partial charge in [0, 0.05) is 16.6 Å². The molecule has 1 aromatic carbocycles. The van der Waals surface area contributed by atoms with Gasteiger partial charge in [0.2, 0.25) is 0 Å². The number of aryl methyl sites for hydroxylation is 1. The molecule has 1 heterocycles. The number of likely N-dealkylation sites (N-methyl/N-ethyl adjacent to an activating group) is 1. The summed E-state index contributed by atoms with van der Waals surface area (Å²) in [6.45, 7) is 2.92. The fourth-order valence-electron chi connectivity index (χ4n) is 4.84. The van der Waals surface area contributed by atoms with E-state index in [4.69, 9.17) is 0 Å². The lowest BCUT2D eigenvalue weighted by Gasteiger charge is -2.28. The Bertz CT molecular complexity index is 973. The van der Waals surface area contributed by atoms with E-state index in [2.05, 4.69) is 21.0 Å². The van der Waals surface area contributed by atoms with Crippen LogP contribution >= 0.6 is 0 Å². The number of nitrogens with one attached hydrogen (secondary N) is 2. The second-order valence-electron chi connectivity index (χ2n) is 8.65. The number of nitrogens with zero attached hydrogens (tertiary/aromatic N) is 1. The third kappa shape index (κ3) is 3.93. The van der Waals surface area contributed by atoms with Crippen LogP contribution in [0, 0.1) is 0 Å². The van der Waals surface area contributed by atoms with E-state index in [1.54, 1.807) is 6.08 Å². The summed E-state index contributed by atoms with van der Waals surface area (Å²) >= 11 is 0. The highest BCUT2D eigenvalue weighted by Crippen LogP contribution is 2.42. The molecule has 2 atom stereocenters. The van der Waals surface area contributed by atoms with Gasteiger partial charge in [0.1, 0.15) is 0 Å². The molecule has 2 amide bonds. The van der Waals surface area contributed by atoms with Crippen LogP contribution in [0.4, 0.5) is 10.5 Å². The lowest BCUT2D eigenvalue weighted by Crippen LogP contribution is -2.37. The van der Waals surface area contributed by atoms with Crippen LogP contribution in [0.25, 0.3) is 0 Å². The van der Waals surface area contributed by atoms with Crippen molar-refractivity contribution in [2.45, 2.75) is 63.5 Å². The number of carbonyl (C=O) groups excluding carboxylic acids is 1. The summed E-state index contributed by atoms with van der Waals surface area (Å²) in [4.78, 5) is 14.7.